The SMILES string of the molecule is O=C(N[C@@H](Cc1c[nH]c2ccccc12)C(=O)O)C(c1ccc2c(c1)OCO2)C(O)(c1ccccn1)c1ccccn1. The number of hydrogen-bond donors (Lipinski definition) is 4. The number of carboxylic acids is 1. The van der Waals surface area contributed by atoms with Crippen LogP contribution >= 0.6 is 0 Å². The van der Waals surface area contributed by atoms with Gasteiger partial charge in [0.15, 0.2) is 17.1 Å². The van der Waals surface area contributed by atoms with Crippen LogP contribution in [0.15, 0.2) is 97.5 Å². The Morgan fingerprint density at radius 3 is 2.29 bits per heavy atom. The van der Waals surface area contributed by atoms with Gasteiger partial charge in [0.05, 0.1) is 11.4 Å². The van der Waals surface area contributed by atoms with E-state index in [0.717, 1.165) is 16.5 Å². The largest absolute Gasteiger partial charge is 0.480 e. The summed E-state index contributed by atoms with van der Waals surface area (Å²) in [6.07, 6.45) is 4.77. The Labute approximate surface area is 234 Å². The maximum Gasteiger partial charge on any atom is 0.326 e. The number of aliphatic carboxylic acids is 1. The molecule has 3 aromatic heterocycles. The second-order valence-electron chi connectivity index (χ2n) is 9.71. The van der Waals surface area contributed by atoms with Crippen molar-refractivity contribution >= 4 is 22.8 Å². The number of para-hydroxylation sites is 1. The van der Waals surface area contributed by atoms with Gasteiger partial charge in [-0.2, -0.15) is 0 Å². The van der Waals surface area contributed by atoms with Gasteiger partial charge in [-0.05, 0) is 53.6 Å². The van der Waals surface area contributed by atoms with E-state index in [-0.39, 0.29) is 24.6 Å². The molecule has 0 saturated carbocycles. The molecule has 0 bridgehead atoms. The van der Waals surface area contributed by atoms with Crippen molar-refractivity contribution in [1.29, 1.82) is 0 Å². The molecule has 0 saturated heterocycles. The van der Waals surface area contributed by atoms with Gasteiger partial charge in [0, 0.05) is 35.9 Å². The van der Waals surface area contributed by atoms with Crippen molar-refractivity contribution in [2.45, 2.75) is 24.0 Å². The monoisotopic (exact) mass is 550 g/mol. The third kappa shape index (κ3) is 4.85. The quantitative estimate of drug-likeness (QED) is 0.218. The Kier molecular flexibility index (Phi) is 6.82. The molecule has 10 heteroatoms. The summed E-state index contributed by atoms with van der Waals surface area (Å²) in [6.45, 7) is 0.0199. The number of aromatic amines is 1. The first-order valence-electron chi connectivity index (χ1n) is 13.0. The van der Waals surface area contributed by atoms with E-state index in [1.807, 2.05) is 24.3 Å². The summed E-state index contributed by atoms with van der Waals surface area (Å²) in [5.41, 5.74) is 0.208. The Morgan fingerprint density at radius 2 is 1.61 bits per heavy atom. The zero-order valence-electron chi connectivity index (χ0n) is 21.7. The van der Waals surface area contributed by atoms with Crippen LogP contribution in [0.25, 0.3) is 10.9 Å². The number of carbonyl (C=O) groups is 2. The number of carboxylic acid groups (broad SMARTS) is 1. The summed E-state index contributed by atoms with van der Waals surface area (Å²) in [4.78, 5) is 38.6. The molecule has 6 rings (SSSR count). The van der Waals surface area contributed by atoms with Gasteiger partial charge in [-0.3, -0.25) is 14.8 Å². The lowest BCUT2D eigenvalue weighted by Crippen LogP contribution is -2.50. The molecule has 4 N–H and O–H groups in total. The fourth-order valence-electron chi connectivity index (χ4n) is 5.25. The number of nitrogens with zero attached hydrogens (tertiary/aromatic N) is 2. The van der Waals surface area contributed by atoms with Gasteiger partial charge in [0.25, 0.3) is 0 Å². The molecule has 2 atom stereocenters. The van der Waals surface area contributed by atoms with Crippen molar-refractivity contribution in [3.8, 4) is 11.5 Å². The normalized spacial score (nSPS) is 14.0. The van der Waals surface area contributed by atoms with Crippen LogP contribution in [-0.2, 0) is 21.6 Å². The summed E-state index contributed by atoms with van der Waals surface area (Å²) in [6, 6.07) is 21.1. The average molecular weight is 551 g/mol. The minimum Gasteiger partial charge on any atom is -0.480 e. The lowest BCUT2D eigenvalue weighted by Gasteiger charge is -2.35. The number of H-pyrrole nitrogens is 1. The average Bonchev–Trinajstić information content (AvgIpc) is 3.64. The number of hydrogen-bond acceptors (Lipinski definition) is 7. The molecule has 0 fully saturated rings. The number of fused-ring (bicyclic) bond motifs is 2. The lowest BCUT2D eigenvalue weighted by atomic mass is 9.76. The van der Waals surface area contributed by atoms with Crippen molar-refractivity contribution in [3.05, 3.63) is 120 Å². The van der Waals surface area contributed by atoms with E-state index in [1.54, 1.807) is 60.8 Å². The minimum absolute atomic E-state index is 0.0184. The van der Waals surface area contributed by atoms with Crippen LogP contribution in [0.2, 0.25) is 0 Å². The highest BCUT2D eigenvalue weighted by Gasteiger charge is 2.48. The van der Waals surface area contributed by atoms with Crippen molar-refractivity contribution in [2.24, 2.45) is 0 Å². The van der Waals surface area contributed by atoms with Crippen LogP contribution in [0.5, 0.6) is 11.5 Å². The zero-order chi connectivity index (χ0) is 28.4. The zero-order valence-corrected chi connectivity index (χ0v) is 21.7. The smallest absolute Gasteiger partial charge is 0.326 e. The Bertz CT molecular complexity index is 1670. The number of amides is 1. The first-order valence-corrected chi connectivity index (χ1v) is 13.0. The van der Waals surface area contributed by atoms with Crippen molar-refractivity contribution in [3.63, 3.8) is 0 Å². The van der Waals surface area contributed by atoms with Crippen molar-refractivity contribution in [1.82, 2.24) is 20.3 Å². The van der Waals surface area contributed by atoms with E-state index in [9.17, 15) is 19.8 Å². The molecule has 0 radical (unpaired) electrons. The third-order valence-corrected chi connectivity index (χ3v) is 7.23. The molecule has 41 heavy (non-hydrogen) atoms. The van der Waals surface area contributed by atoms with Crippen LogP contribution in [0.1, 0.15) is 28.4 Å². The first-order chi connectivity index (χ1) is 19.9. The van der Waals surface area contributed by atoms with Crippen LogP contribution in [0.3, 0.4) is 0 Å². The molecule has 1 aliphatic heterocycles. The highest BCUT2D eigenvalue weighted by Crippen LogP contribution is 2.44. The number of aromatic nitrogens is 3. The maximum absolute atomic E-state index is 14.3. The number of benzene rings is 2. The van der Waals surface area contributed by atoms with Gasteiger partial charge in [0.1, 0.15) is 12.0 Å². The summed E-state index contributed by atoms with van der Waals surface area (Å²) < 4.78 is 11.0. The maximum atomic E-state index is 14.3. The van der Waals surface area contributed by atoms with E-state index < -0.39 is 29.4 Å². The second-order valence-corrected chi connectivity index (χ2v) is 9.71. The molecular weight excluding hydrogens is 524 g/mol. The predicted octanol–water partition coefficient (Wildman–Crippen LogP) is 3.52. The van der Waals surface area contributed by atoms with Crippen LogP contribution in [-0.4, -0.2) is 49.9 Å². The number of pyridine rings is 2. The van der Waals surface area contributed by atoms with Crippen LogP contribution in [0, 0.1) is 0 Å². The molecule has 1 amide bonds. The predicted molar refractivity (Wildman–Crippen MR) is 148 cm³/mol. The molecule has 2 aromatic carbocycles. The number of carbonyl (C=O) groups excluding carboxylic acids is 1. The Morgan fingerprint density at radius 1 is 0.927 bits per heavy atom. The number of aliphatic hydroxyl groups is 1. The third-order valence-electron chi connectivity index (χ3n) is 7.23. The van der Waals surface area contributed by atoms with E-state index in [2.05, 4.69) is 20.3 Å². The van der Waals surface area contributed by atoms with Gasteiger partial charge < -0.3 is 30.0 Å². The van der Waals surface area contributed by atoms with Gasteiger partial charge in [-0.1, -0.05) is 36.4 Å². The molecule has 10 nitrogen and oxygen atoms in total. The summed E-state index contributed by atoms with van der Waals surface area (Å²) in [5, 5.41) is 26.2. The highest BCUT2D eigenvalue weighted by atomic mass is 16.7. The molecule has 1 aliphatic rings. The topological polar surface area (TPSA) is 147 Å². The molecule has 0 spiro atoms. The number of nitrogens with one attached hydrogen (secondary N) is 2. The molecule has 1 unspecified atom stereocenters. The summed E-state index contributed by atoms with van der Waals surface area (Å²) >= 11 is 0. The van der Waals surface area contributed by atoms with Crippen LogP contribution in [0.4, 0.5) is 0 Å². The van der Waals surface area contributed by atoms with Crippen molar-refractivity contribution in [2.75, 3.05) is 6.79 Å². The fraction of sp³-hybridized carbons (Fsp3) is 0.161. The Balaban J connectivity index is 1.44. The second kappa shape index (κ2) is 10.7. The van der Waals surface area contributed by atoms with E-state index in [1.165, 1.54) is 12.4 Å². The Hall–Kier alpha value is -5.22. The van der Waals surface area contributed by atoms with Crippen molar-refractivity contribution < 1.29 is 29.3 Å². The summed E-state index contributed by atoms with van der Waals surface area (Å²) in [5.74, 6) is -2.41. The molecular formula is C31H26N4O6. The van der Waals surface area contributed by atoms with E-state index >= 15 is 0 Å². The van der Waals surface area contributed by atoms with Gasteiger partial charge in [-0.15, -0.1) is 0 Å². The van der Waals surface area contributed by atoms with Gasteiger partial charge in [-0.25, -0.2) is 4.79 Å². The standard InChI is InChI=1S/C31H26N4O6/c36-29(35-23(30(37)38)15-20-17-34-22-8-2-1-7-21(20)22)28(19-11-12-24-25(16-19)41-18-40-24)31(39,26-9-3-5-13-32-26)27-10-4-6-14-33-27/h1-14,16-17,23,28,34,39H,15,18H2,(H,35,36)(H,37,38)/t23-,28?/m0/s1. The highest BCUT2D eigenvalue weighted by molar-refractivity contribution is 5.91. The van der Waals surface area contributed by atoms with E-state index in [0.29, 0.717) is 17.1 Å². The van der Waals surface area contributed by atoms with Gasteiger partial charge in [0.2, 0.25) is 12.7 Å². The number of ether oxygens (including phenoxy) is 2. The number of rotatable bonds is 9. The minimum atomic E-state index is -2.08. The first kappa shape index (κ1) is 26.0. The molecule has 0 aliphatic carbocycles. The lowest BCUT2D eigenvalue weighted by molar-refractivity contribution is -0.143. The molecule has 4 heterocycles. The summed E-state index contributed by atoms with van der Waals surface area (Å²) in [7, 11) is 0. The fourth-order valence-corrected chi connectivity index (χ4v) is 5.25. The molecule has 5 aromatic rings. The van der Waals surface area contributed by atoms with E-state index in [4.69, 9.17) is 9.47 Å². The molecule has 206 valence electrons. The van der Waals surface area contributed by atoms with Gasteiger partial charge >= 0.3 is 5.97 Å². The van der Waals surface area contributed by atoms with Crippen LogP contribution < -0.4 is 14.8 Å².